The Balaban J connectivity index is 1.67. The zero-order chi connectivity index (χ0) is 15.7. The van der Waals surface area contributed by atoms with E-state index in [9.17, 15) is 18.8 Å². The van der Waals surface area contributed by atoms with Crippen molar-refractivity contribution in [3.8, 4) is 0 Å². The first-order valence-corrected chi connectivity index (χ1v) is 7.56. The van der Waals surface area contributed by atoms with Crippen molar-refractivity contribution in [3.05, 3.63) is 35.0 Å². The molecule has 0 spiro atoms. The molecule has 0 unspecified atom stereocenters. The van der Waals surface area contributed by atoms with E-state index in [1.165, 1.54) is 12.1 Å². The van der Waals surface area contributed by atoms with E-state index in [1.54, 1.807) is 12.1 Å². The van der Waals surface area contributed by atoms with Crippen molar-refractivity contribution in [3.63, 3.8) is 0 Å². The number of esters is 1. The molecule has 3 rings (SSSR count). The van der Waals surface area contributed by atoms with Crippen LogP contribution in [0.15, 0.2) is 24.3 Å². The van der Waals surface area contributed by atoms with Crippen molar-refractivity contribution in [2.45, 2.75) is 12.8 Å². The zero-order valence-electron chi connectivity index (χ0n) is 11.5. The molecule has 1 aromatic carbocycles. The molecule has 1 aliphatic rings. The monoisotopic (exact) mass is 321 g/mol. The molecule has 5 nitrogen and oxygen atoms in total. The number of likely N-dealkylation sites (tertiary alicyclic amines) is 1. The molecule has 0 bridgehead atoms. The molecule has 0 aliphatic carbocycles. The molecule has 114 valence electrons. The Labute approximate surface area is 129 Å². The fourth-order valence-electron chi connectivity index (χ4n) is 2.31. The van der Waals surface area contributed by atoms with E-state index in [2.05, 4.69) is 0 Å². The molecule has 0 N–H and O–H groups in total. The summed E-state index contributed by atoms with van der Waals surface area (Å²) in [6.07, 6.45) is 0.976. The largest absolute Gasteiger partial charge is 0.451 e. The van der Waals surface area contributed by atoms with Gasteiger partial charge in [0.2, 0.25) is 5.91 Å². The Morgan fingerprint density at radius 1 is 1.36 bits per heavy atom. The van der Waals surface area contributed by atoms with Gasteiger partial charge < -0.3 is 4.74 Å². The summed E-state index contributed by atoms with van der Waals surface area (Å²) in [4.78, 5) is 36.5. The number of halogens is 1. The summed E-state index contributed by atoms with van der Waals surface area (Å²) >= 11 is 1.10. The standard InChI is InChI=1S/C15H12FNO4S/c16-10-3-1-4-11-9(10)7-12(22-11)15(20)21-8-14(19)17-6-2-5-13(17)18/h1,3-4,7H,2,5-6,8H2. The van der Waals surface area contributed by atoms with E-state index in [0.29, 0.717) is 29.5 Å². The number of carbonyl (C=O) groups is 3. The highest BCUT2D eigenvalue weighted by molar-refractivity contribution is 7.20. The van der Waals surface area contributed by atoms with Crippen LogP contribution in [-0.4, -0.2) is 35.8 Å². The summed E-state index contributed by atoms with van der Waals surface area (Å²) in [6, 6.07) is 5.98. The molecule has 2 aromatic rings. The second-order valence-corrected chi connectivity index (χ2v) is 5.96. The molecule has 0 radical (unpaired) electrons. The van der Waals surface area contributed by atoms with Crippen molar-refractivity contribution >= 4 is 39.2 Å². The maximum Gasteiger partial charge on any atom is 0.348 e. The molecule has 1 aliphatic heterocycles. The lowest BCUT2D eigenvalue weighted by Gasteiger charge is -2.12. The third kappa shape index (κ3) is 2.71. The molecule has 2 amide bonds. The maximum atomic E-state index is 13.6. The normalized spacial score (nSPS) is 14.6. The topological polar surface area (TPSA) is 63.7 Å². The molecule has 0 atom stereocenters. The van der Waals surface area contributed by atoms with Crippen LogP contribution in [0.25, 0.3) is 10.1 Å². The molecular weight excluding hydrogens is 309 g/mol. The zero-order valence-corrected chi connectivity index (χ0v) is 12.3. The first-order chi connectivity index (χ1) is 10.6. The van der Waals surface area contributed by atoms with Crippen molar-refractivity contribution in [2.24, 2.45) is 0 Å². The highest BCUT2D eigenvalue weighted by Crippen LogP contribution is 2.28. The van der Waals surface area contributed by atoms with E-state index in [0.717, 1.165) is 16.2 Å². The number of imide groups is 1. The van der Waals surface area contributed by atoms with Gasteiger partial charge in [0, 0.05) is 23.1 Å². The Kier molecular flexibility index (Phi) is 3.89. The van der Waals surface area contributed by atoms with E-state index >= 15 is 0 Å². The van der Waals surface area contributed by atoms with Crippen LogP contribution in [0.2, 0.25) is 0 Å². The highest BCUT2D eigenvalue weighted by Gasteiger charge is 2.27. The van der Waals surface area contributed by atoms with Crippen LogP contribution in [0, 0.1) is 5.82 Å². The van der Waals surface area contributed by atoms with Gasteiger partial charge in [0.15, 0.2) is 6.61 Å². The first-order valence-electron chi connectivity index (χ1n) is 6.74. The Hall–Kier alpha value is -2.28. The minimum absolute atomic E-state index is 0.223. The number of nitrogens with zero attached hydrogens (tertiary/aromatic N) is 1. The summed E-state index contributed by atoms with van der Waals surface area (Å²) in [5, 5.41) is 0.348. The third-order valence-electron chi connectivity index (χ3n) is 3.41. The Bertz CT molecular complexity index is 770. The van der Waals surface area contributed by atoms with E-state index in [1.807, 2.05) is 0 Å². The number of rotatable bonds is 3. The van der Waals surface area contributed by atoms with Gasteiger partial charge in [0.25, 0.3) is 5.91 Å². The smallest absolute Gasteiger partial charge is 0.348 e. The lowest BCUT2D eigenvalue weighted by Crippen LogP contribution is -2.35. The van der Waals surface area contributed by atoms with Gasteiger partial charge in [-0.3, -0.25) is 14.5 Å². The van der Waals surface area contributed by atoms with Crippen LogP contribution < -0.4 is 0 Å². The molecule has 0 saturated carbocycles. The summed E-state index contributed by atoms with van der Waals surface area (Å²) in [6.45, 7) is -0.120. The Morgan fingerprint density at radius 3 is 2.86 bits per heavy atom. The van der Waals surface area contributed by atoms with Crippen LogP contribution in [0.1, 0.15) is 22.5 Å². The molecule has 1 fully saturated rings. The van der Waals surface area contributed by atoms with Crippen LogP contribution in [0.3, 0.4) is 0 Å². The molecule has 1 aromatic heterocycles. The molecule has 1 saturated heterocycles. The van der Waals surface area contributed by atoms with Gasteiger partial charge in [-0.2, -0.15) is 0 Å². The third-order valence-corrected chi connectivity index (χ3v) is 4.49. The second kappa shape index (κ2) is 5.84. The predicted octanol–water partition coefficient (Wildman–Crippen LogP) is 2.35. The van der Waals surface area contributed by atoms with E-state index in [-0.39, 0.29) is 10.8 Å². The van der Waals surface area contributed by atoms with Gasteiger partial charge in [-0.15, -0.1) is 11.3 Å². The summed E-state index contributed by atoms with van der Waals surface area (Å²) < 4.78 is 19.1. The molecular formula is C15H12FNO4S. The number of hydrogen-bond acceptors (Lipinski definition) is 5. The minimum Gasteiger partial charge on any atom is -0.451 e. The van der Waals surface area contributed by atoms with Crippen molar-refractivity contribution in [2.75, 3.05) is 13.2 Å². The van der Waals surface area contributed by atoms with E-state index in [4.69, 9.17) is 4.74 Å². The molecule has 7 heteroatoms. The number of thiophene rings is 1. The Morgan fingerprint density at radius 2 is 2.18 bits per heavy atom. The van der Waals surface area contributed by atoms with Crippen molar-refractivity contribution in [1.29, 1.82) is 0 Å². The van der Waals surface area contributed by atoms with Crippen molar-refractivity contribution < 1.29 is 23.5 Å². The van der Waals surface area contributed by atoms with Gasteiger partial charge in [-0.1, -0.05) is 6.07 Å². The fraction of sp³-hybridized carbons (Fsp3) is 0.267. The van der Waals surface area contributed by atoms with Gasteiger partial charge in [0.1, 0.15) is 10.7 Å². The second-order valence-electron chi connectivity index (χ2n) is 4.88. The van der Waals surface area contributed by atoms with Gasteiger partial charge >= 0.3 is 5.97 Å². The summed E-state index contributed by atoms with van der Waals surface area (Å²) in [7, 11) is 0. The average molecular weight is 321 g/mol. The number of benzene rings is 1. The number of amides is 2. The van der Waals surface area contributed by atoms with Crippen molar-refractivity contribution in [1.82, 2.24) is 4.90 Å². The van der Waals surface area contributed by atoms with Gasteiger partial charge in [0.05, 0.1) is 0 Å². The summed E-state index contributed by atoms with van der Waals surface area (Å²) in [5.41, 5.74) is 0. The summed E-state index contributed by atoms with van der Waals surface area (Å²) in [5.74, 6) is -1.87. The minimum atomic E-state index is -0.694. The van der Waals surface area contributed by atoms with Gasteiger partial charge in [-0.05, 0) is 24.6 Å². The fourth-order valence-corrected chi connectivity index (χ4v) is 3.28. The van der Waals surface area contributed by atoms with Gasteiger partial charge in [-0.25, -0.2) is 9.18 Å². The predicted molar refractivity (Wildman–Crippen MR) is 78.0 cm³/mol. The number of hydrogen-bond donors (Lipinski definition) is 0. The first kappa shape index (κ1) is 14.6. The molecule has 22 heavy (non-hydrogen) atoms. The number of ether oxygens (including phenoxy) is 1. The SMILES string of the molecule is O=C(OCC(=O)N1CCCC1=O)c1cc2c(F)cccc2s1. The lowest BCUT2D eigenvalue weighted by molar-refractivity contribution is -0.143. The van der Waals surface area contributed by atoms with Crippen LogP contribution in [0.5, 0.6) is 0 Å². The van der Waals surface area contributed by atoms with Crippen LogP contribution >= 0.6 is 11.3 Å². The number of fused-ring (bicyclic) bond motifs is 1. The maximum absolute atomic E-state index is 13.6. The highest BCUT2D eigenvalue weighted by atomic mass is 32.1. The lowest BCUT2D eigenvalue weighted by atomic mass is 10.2. The quantitative estimate of drug-likeness (QED) is 0.814. The molecule has 2 heterocycles. The average Bonchev–Trinajstić information content (AvgIpc) is 3.11. The van der Waals surface area contributed by atoms with E-state index < -0.39 is 24.3 Å². The van der Waals surface area contributed by atoms with Crippen LogP contribution in [-0.2, 0) is 14.3 Å². The van der Waals surface area contributed by atoms with Crippen LogP contribution in [0.4, 0.5) is 4.39 Å². The number of carbonyl (C=O) groups excluding carboxylic acids is 3.